The molecule has 1 fully saturated rings. The van der Waals surface area contributed by atoms with E-state index in [4.69, 9.17) is 0 Å². The van der Waals surface area contributed by atoms with Crippen molar-refractivity contribution in [1.29, 1.82) is 0 Å². The van der Waals surface area contributed by atoms with E-state index in [0.29, 0.717) is 6.61 Å². The summed E-state index contributed by atoms with van der Waals surface area (Å²) < 4.78 is 0. The van der Waals surface area contributed by atoms with Gasteiger partial charge in [0.25, 0.3) is 0 Å². The second-order valence-corrected chi connectivity index (χ2v) is 4.77. The van der Waals surface area contributed by atoms with Gasteiger partial charge in [-0.3, -0.25) is 0 Å². The first kappa shape index (κ1) is 10.7. The molecule has 0 aliphatic heterocycles. The Morgan fingerprint density at radius 3 is 2.20 bits per heavy atom. The Bertz CT molecular complexity index is 326. The molecule has 2 unspecified atom stereocenters. The number of hydrogen-bond acceptors (Lipinski definition) is 1. The first-order chi connectivity index (χ1) is 7.24. The molecule has 0 saturated heterocycles. The number of rotatable bonds is 4. The van der Waals surface area contributed by atoms with Gasteiger partial charge < -0.3 is 5.11 Å². The summed E-state index contributed by atoms with van der Waals surface area (Å²) in [6.07, 6.45) is 3.35. The van der Waals surface area contributed by atoms with Gasteiger partial charge in [0.15, 0.2) is 0 Å². The topological polar surface area (TPSA) is 20.2 Å². The molecular formula is C14H20O. The Morgan fingerprint density at radius 1 is 1.13 bits per heavy atom. The number of benzene rings is 1. The fourth-order valence-electron chi connectivity index (χ4n) is 3.19. The van der Waals surface area contributed by atoms with Crippen molar-refractivity contribution in [3.05, 3.63) is 35.9 Å². The van der Waals surface area contributed by atoms with Crippen molar-refractivity contribution in [3.63, 3.8) is 0 Å². The van der Waals surface area contributed by atoms with Crippen LogP contribution in [0.4, 0.5) is 0 Å². The zero-order valence-electron chi connectivity index (χ0n) is 9.66. The van der Waals surface area contributed by atoms with E-state index in [0.717, 1.165) is 19.3 Å². The predicted molar refractivity (Wildman–Crippen MR) is 62.8 cm³/mol. The van der Waals surface area contributed by atoms with Gasteiger partial charge in [0, 0.05) is 17.4 Å². The standard InChI is InChI=1S/C14H20O/c1-3-13(11-15)10-14(13,4-2)12-8-6-5-7-9-12/h5-9,15H,3-4,10-11H2,1-2H3. The van der Waals surface area contributed by atoms with Crippen LogP contribution in [0.1, 0.15) is 38.7 Å². The number of aliphatic hydroxyl groups excluding tert-OH is 1. The second-order valence-electron chi connectivity index (χ2n) is 4.77. The molecule has 0 heterocycles. The molecule has 15 heavy (non-hydrogen) atoms. The molecule has 1 aromatic rings. The van der Waals surface area contributed by atoms with Gasteiger partial charge in [0.05, 0.1) is 0 Å². The minimum Gasteiger partial charge on any atom is -0.396 e. The predicted octanol–water partition coefficient (Wildman–Crippen LogP) is 3.13. The molecule has 82 valence electrons. The minimum absolute atomic E-state index is 0.156. The third-order valence-electron chi connectivity index (χ3n) is 4.44. The molecule has 2 atom stereocenters. The fraction of sp³-hybridized carbons (Fsp3) is 0.571. The quantitative estimate of drug-likeness (QED) is 0.799. The van der Waals surface area contributed by atoms with Gasteiger partial charge in [-0.25, -0.2) is 0 Å². The summed E-state index contributed by atoms with van der Waals surface area (Å²) >= 11 is 0. The van der Waals surface area contributed by atoms with E-state index in [-0.39, 0.29) is 10.8 Å². The first-order valence-corrected chi connectivity index (χ1v) is 5.91. The zero-order chi connectivity index (χ0) is 10.9. The van der Waals surface area contributed by atoms with Crippen LogP contribution in [0, 0.1) is 5.41 Å². The lowest BCUT2D eigenvalue weighted by Gasteiger charge is -2.22. The molecule has 1 aliphatic rings. The highest BCUT2D eigenvalue weighted by Crippen LogP contribution is 2.68. The molecule has 1 N–H and O–H groups in total. The summed E-state index contributed by atoms with van der Waals surface area (Å²) in [5.41, 5.74) is 1.81. The molecule has 0 spiro atoms. The van der Waals surface area contributed by atoms with E-state index >= 15 is 0 Å². The first-order valence-electron chi connectivity index (χ1n) is 5.91. The maximum atomic E-state index is 9.58. The Hall–Kier alpha value is -0.820. The molecule has 0 radical (unpaired) electrons. The number of hydrogen-bond donors (Lipinski definition) is 1. The van der Waals surface area contributed by atoms with Crippen molar-refractivity contribution in [3.8, 4) is 0 Å². The molecular weight excluding hydrogens is 184 g/mol. The van der Waals surface area contributed by atoms with Gasteiger partial charge in [0.1, 0.15) is 0 Å². The normalized spacial score (nSPS) is 34.1. The maximum Gasteiger partial charge on any atom is 0.0496 e. The molecule has 2 rings (SSSR count). The maximum absolute atomic E-state index is 9.58. The van der Waals surface area contributed by atoms with Gasteiger partial charge in [-0.05, 0) is 24.8 Å². The van der Waals surface area contributed by atoms with Crippen LogP contribution >= 0.6 is 0 Å². The van der Waals surface area contributed by atoms with Crippen molar-refractivity contribution in [1.82, 2.24) is 0 Å². The molecule has 0 aromatic heterocycles. The van der Waals surface area contributed by atoms with E-state index in [1.54, 1.807) is 0 Å². The van der Waals surface area contributed by atoms with Gasteiger partial charge >= 0.3 is 0 Å². The minimum atomic E-state index is 0.156. The smallest absolute Gasteiger partial charge is 0.0496 e. The average molecular weight is 204 g/mol. The van der Waals surface area contributed by atoms with Crippen LogP contribution in [-0.2, 0) is 5.41 Å². The van der Waals surface area contributed by atoms with Crippen molar-refractivity contribution in [2.45, 2.75) is 38.5 Å². The van der Waals surface area contributed by atoms with Gasteiger partial charge in [-0.15, -0.1) is 0 Å². The van der Waals surface area contributed by atoms with Crippen molar-refractivity contribution in [2.75, 3.05) is 6.61 Å². The summed E-state index contributed by atoms with van der Waals surface area (Å²) in [5, 5.41) is 9.58. The van der Waals surface area contributed by atoms with E-state index in [9.17, 15) is 5.11 Å². The van der Waals surface area contributed by atoms with Crippen LogP contribution in [0.3, 0.4) is 0 Å². The van der Waals surface area contributed by atoms with Crippen molar-refractivity contribution >= 4 is 0 Å². The van der Waals surface area contributed by atoms with Gasteiger partial charge in [-0.2, -0.15) is 0 Å². The Morgan fingerprint density at radius 2 is 1.80 bits per heavy atom. The van der Waals surface area contributed by atoms with Crippen LogP contribution in [0.2, 0.25) is 0 Å². The Balaban J connectivity index is 2.35. The van der Waals surface area contributed by atoms with Gasteiger partial charge in [0.2, 0.25) is 0 Å². The fourth-order valence-corrected chi connectivity index (χ4v) is 3.19. The van der Waals surface area contributed by atoms with E-state index in [2.05, 4.69) is 44.2 Å². The zero-order valence-corrected chi connectivity index (χ0v) is 9.66. The average Bonchev–Trinajstić information content (AvgIpc) is 3.01. The van der Waals surface area contributed by atoms with Gasteiger partial charge in [-0.1, -0.05) is 44.2 Å². The van der Waals surface area contributed by atoms with Crippen molar-refractivity contribution < 1.29 is 5.11 Å². The number of aliphatic hydroxyl groups is 1. The molecule has 1 saturated carbocycles. The largest absolute Gasteiger partial charge is 0.396 e. The Labute approximate surface area is 92.1 Å². The highest BCUT2D eigenvalue weighted by molar-refractivity contribution is 5.37. The lowest BCUT2D eigenvalue weighted by molar-refractivity contribution is 0.184. The summed E-state index contributed by atoms with van der Waals surface area (Å²) in [7, 11) is 0. The molecule has 1 aromatic carbocycles. The van der Waals surface area contributed by atoms with Crippen LogP contribution in [0.25, 0.3) is 0 Å². The lowest BCUT2D eigenvalue weighted by Crippen LogP contribution is -2.20. The molecule has 1 aliphatic carbocycles. The van der Waals surface area contributed by atoms with E-state index in [1.807, 2.05) is 0 Å². The Kier molecular flexibility index (Phi) is 2.59. The summed E-state index contributed by atoms with van der Waals surface area (Å²) in [6.45, 7) is 4.75. The summed E-state index contributed by atoms with van der Waals surface area (Å²) in [5.74, 6) is 0. The van der Waals surface area contributed by atoms with Crippen LogP contribution in [0.5, 0.6) is 0 Å². The molecule has 1 heteroatoms. The highest BCUT2D eigenvalue weighted by atomic mass is 16.3. The van der Waals surface area contributed by atoms with Crippen LogP contribution in [-0.4, -0.2) is 11.7 Å². The third-order valence-corrected chi connectivity index (χ3v) is 4.44. The summed E-state index contributed by atoms with van der Waals surface area (Å²) in [6, 6.07) is 10.7. The van der Waals surface area contributed by atoms with Crippen LogP contribution < -0.4 is 0 Å². The van der Waals surface area contributed by atoms with E-state index < -0.39 is 0 Å². The second kappa shape index (κ2) is 3.64. The SMILES string of the molecule is CCC1(CO)CC1(CC)c1ccccc1. The van der Waals surface area contributed by atoms with E-state index in [1.165, 1.54) is 5.56 Å². The summed E-state index contributed by atoms with van der Waals surface area (Å²) in [4.78, 5) is 0. The molecule has 1 nitrogen and oxygen atoms in total. The molecule has 0 bridgehead atoms. The third kappa shape index (κ3) is 1.33. The highest BCUT2D eigenvalue weighted by Gasteiger charge is 2.64. The lowest BCUT2D eigenvalue weighted by atomic mass is 9.83. The van der Waals surface area contributed by atoms with Crippen molar-refractivity contribution in [2.24, 2.45) is 5.41 Å². The van der Waals surface area contributed by atoms with Crippen LogP contribution in [0.15, 0.2) is 30.3 Å². The monoisotopic (exact) mass is 204 g/mol. The molecule has 0 amide bonds.